The number of amides is 3. The molecule has 1 heterocycles. The Labute approximate surface area is 135 Å². The van der Waals surface area contributed by atoms with E-state index in [2.05, 4.69) is 10.6 Å². The molecule has 5 nitrogen and oxygen atoms in total. The van der Waals surface area contributed by atoms with E-state index in [-0.39, 0.29) is 23.8 Å². The van der Waals surface area contributed by atoms with Crippen molar-refractivity contribution in [3.8, 4) is 0 Å². The van der Waals surface area contributed by atoms with E-state index in [0.29, 0.717) is 18.7 Å². The van der Waals surface area contributed by atoms with Crippen molar-refractivity contribution in [2.24, 2.45) is 0 Å². The van der Waals surface area contributed by atoms with Crippen molar-refractivity contribution in [2.75, 3.05) is 11.9 Å². The number of urea groups is 1. The molecule has 1 saturated carbocycles. The third kappa shape index (κ3) is 3.81. The quantitative estimate of drug-likeness (QED) is 0.900. The Morgan fingerprint density at radius 1 is 1.04 bits per heavy atom. The number of nitrogens with one attached hydrogen (secondary N) is 2. The summed E-state index contributed by atoms with van der Waals surface area (Å²) < 4.78 is 12.9. The van der Waals surface area contributed by atoms with Crippen LogP contribution in [0.15, 0.2) is 24.3 Å². The highest BCUT2D eigenvalue weighted by Crippen LogP contribution is 2.22. The van der Waals surface area contributed by atoms with Gasteiger partial charge >= 0.3 is 6.03 Å². The van der Waals surface area contributed by atoms with Crippen molar-refractivity contribution >= 4 is 17.6 Å². The maximum atomic E-state index is 12.9. The van der Waals surface area contributed by atoms with E-state index >= 15 is 0 Å². The predicted octanol–water partition coefficient (Wildman–Crippen LogP) is 2.88. The SMILES string of the molecule is O=C(NC1CCCC1)[C@H]1CCCN1C(=O)Nc1ccc(F)cc1. The molecule has 2 aliphatic rings. The van der Waals surface area contributed by atoms with E-state index in [4.69, 9.17) is 0 Å². The standard InChI is InChI=1S/C17H22FN3O2/c18-12-7-9-14(10-8-12)20-17(23)21-11-3-6-15(21)16(22)19-13-4-1-2-5-13/h7-10,13,15H,1-6,11H2,(H,19,22)(H,20,23)/t15-/m1/s1. The van der Waals surface area contributed by atoms with Crippen molar-refractivity contribution in [2.45, 2.75) is 50.6 Å². The minimum atomic E-state index is -0.406. The molecule has 3 amide bonds. The topological polar surface area (TPSA) is 61.4 Å². The van der Waals surface area contributed by atoms with Crippen molar-refractivity contribution in [3.05, 3.63) is 30.1 Å². The molecule has 3 rings (SSSR count). The number of hydrogen-bond acceptors (Lipinski definition) is 2. The highest BCUT2D eigenvalue weighted by Gasteiger charge is 2.35. The van der Waals surface area contributed by atoms with Crippen LogP contribution in [0.4, 0.5) is 14.9 Å². The van der Waals surface area contributed by atoms with Gasteiger partial charge in [-0.15, -0.1) is 0 Å². The first-order valence-electron chi connectivity index (χ1n) is 8.27. The Morgan fingerprint density at radius 2 is 1.74 bits per heavy atom. The summed E-state index contributed by atoms with van der Waals surface area (Å²) in [5.41, 5.74) is 0.526. The molecule has 2 fully saturated rings. The summed E-state index contributed by atoms with van der Waals surface area (Å²) >= 11 is 0. The Balaban J connectivity index is 1.59. The molecule has 0 aromatic heterocycles. The zero-order chi connectivity index (χ0) is 16.2. The molecule has 23 heavy (non-hydrogen) atoms. The number of anilines is 1. The molecule has 6 heteroatoms. The van der Waals surface area contributed by atoms with Gasteiger partial charge in [0.2, 0.25) is 5.91 Å². The van der Waals surface area contributed by atoms with E-state index in [9.17, 15) is 14.0 Å². The maximum Gasteiger partial charge on any atom is 0.322 e. The predicted molar refractivity (Wildman–Crippen MR) is 85.5 cm³/mol. The zero-order valence-corrected chi connectivity index (χ0v) is 13.1. The summed E-state index contributed by atoms with van der Waals surface area (Å²) in [5.74, 6) is -0.401. The summed E-state index contributed by atoms with van der Waals surface area (Å²) in [6.07, 6.45) is 5.88. The van der Waals surface area contributed by atoms with E-state index < -0.39 is 6.04 Å². The molecule has 1 aliphatic heterocycles. The van der Waals surface area contributed by atoms with Crippen LogP contribution in [0.1, 0.15) is 38.5 Å². The first-order chi connectivity index (χ1) is 11.1. The third-order valence-corrected chi connectivity index (χ3v) is 4.61. The first kappa shape index (κ1) is 15.8. The zero-order valence-electron chi connectivity index (χ0n) is 13.1. The number of carbonyl (C=O) groups excluding carboxylic acids is 2. The molecule has 0 spiro atoms. The molecule has 2 N–H and O–H groups in total. The van der Waals surface area contributed by atoms with Crippen LogP contribution in [-0.2, 0) is 4.79 Å². The lowest BCUT2D eigenvalue weighted by Crippen LogP contribution is -2.49. The van der Waals surface area contributed by atoms with E-state index in [0.717, 1.165) is 32.1 Å². The third-order valence-electron chi connectivity index (χ3n) is 4.61. The summed E-state index contributed by atoms with van der Waals surface area (Å²) in [6, 6.07) is 5.16. The van der Waals surface area contributed by atoms with Gasteiger partial charge in [0.1, 0.15) is 11.9 Å². The van der Waals surface area contributed by atoms with Crippen LogP contribution in [-0.4, -0.2) is 35.5 Å². The summed E-state index contributed by atoms with van der Waals surface area (Å²) in [7, 11) is 0. The summed E-state index contributed by atoms with van der Waals surface area (Å²) in [6.45, 7) is 0.565. The van der Waals surface area contributed by atoms with Gasteiger partial charge in [0.25, 0.3) is 0 Å². The average Bonchev–Trinajstić information content (AvgIpc) is 3.20. The van der Waals surface area contributed by atoms with Crippen LogP contribution in [0.5, 0.6) is 0 Å². The van der Waals surface area contributed by atoms with Gasteiger partial charge in [-0.2, -0.15) is 0 Å². The fraction of sp³-hybridized carbons (Fsp3) is 0.529. The normalized spacial score (nSPS) is 21.4. The minimum Gasteiger partial charge on any atom is -0.352 e. The monoisotopic (exact) mass is 319 g/mol. The van der Waals surface area contributed by atoms with Gasteiger partial charge in [0.05, 0.1) is 0 Å². The van der Waals surface area contributed by atoms with Gasteiger partial charge in [-0.05, 0) is 49.9 Å². The Bertz CT molecular complexity index is 570. The van der Waals surface area contributed by atoms with E-state index in [1.54, 1.807) is 4.90 Å². The van der Waals surface area contributed by atoms with E-state index in [1.165, 1.54) is 24.3 Å². The highest BCUT2D eigenvalue weighted by molar-refractivity contribution is 5.94. The van der Waals surface area contributed by atoms with Crippen LogP contribution < -0.4 is 10.6 Å². The van der Waals surface area contributed by atoms with Crippen molar-refractivity contribution in [3.63, 3.8) is 0 Å². The number of carbonyl (C=O) groups is 2. The summed E-state index contributed by atoms with van der Waals surface area (Å²) in [4.78, 5) is 26.4. The Morgan fingerprint density at radius 3 is 2.43 bits per heavy atom. The summed E-state index contributed by atoms with van der Waals surface area (Å²) in [5, 5.41) is 5.80. The van der Waals surface area contributed by atoms with Crippen LogP contribution in [0.3, 0.4) is 0 Å². The van der Waals surface area contributed by atoms with Gasteiger partial charge in [0, 0.05) is 18.3 Å². The fourth-order valence-corrected chi connectivity index (χ4v) is 3.38. The Kier molecular flexibility index (Phi) is 4.79. The van der Waals surface area contributed by atoms with Crippen LogP contribution >= 0.6 is 0 Å². The number of nitrogens with zero attached hydrogens (tertiary/aromatic N) is 1. The van der Waals surface area contributed by atoms with Gasteiger partial charge < -0.3 is 15.5 Å². The lowest BCUT2D eigenvalue weighted by atomic mass is 10.1. The van der Waals surface area contributed by atoms with Gasteiger partial charge in [-0.1, -0.05) is 12.8 Å². The molecule has 1 aromatic carbocycles. The Hall–Kier alpha value is -2.11. The largest absolute Gasteiger partial charge is 0.352 e. The second kappa shape index (κ2) is 6.98. The van der Waals surface area contributed by atoms with Crippen LogP contribution in [0.25, 0.3) is 0 Å². The average molecular weight is 319 g/mol. The smallest absolute Gasteiger partial charge is 0.322 e. The first-order valence-corrected chi connectivity index (χ1v) is 8.27. The van der Waals surface area contributed by atoms with Crippen molar-refractivity contribution in [1.82, 2.24) is 10.2 Å². The van der Waals surface area contributed by atoms with Crippen LogP contribution in [0, 0.1) is 5.82 Å². The molecular formula is C17H22FN3O2. The molecular weight excluding hydrogens is 297 g/mol. The van der Waals surface area contributed by atoms with Gasteiger partial charge in [0.15, 0.2) is 0 Å². The van der Waals surface area contributed by atoms with Crippen LogP contribution in [0.2, 0.25) is 0 Å². The van der Waals surface area contributed by atoms with Gasteiger partial charge in [-0.3, -0.25) is 4.79 Å². The molecule has 0 bridgehead atoms. The number of hydrogen-bond donors (Lipinski definition) is 2. The van der Waals surface area contributed by atoms with Crippen molar-refractivity contribution in [1.29, 1.82) is 0 Å². The van der Waals surface area contributed by atoms with Gasteiger partial charge in [-0.25, -0.2) is 9.18 Å². The van der Waals surface area contributed by atoms with Crippen molar-refractivity contribution < 1.29 is 14.0 Å². The number of rotatable bonds is 3. The molecule has 1 atom stereocenters. The number of halogens is 1. The second-order valence-electron chi connectivity index (χ2n) is 6.28. The molecule has 0 unspecified atom stereocenters. The number of likely N-dealkylation sites (tertiary alicyclic amines) is 1. The molecule has 0 radical (unpaired) electrons. The molecule has 124 valence electrons. The minimum absolute atomic E-state index is 0.0522. The lowest BCUT2D eigenvalue weighted by molar-refractivity contribution is -0.125. The molecule has 1 saturated heterocycles. The number of benzene rings is 1. The maximum absolute atomic E-state index is 12.9. The lowest BCUT2D eigenvalue weighted by Gasteiger charge is -2.25. The highest BCUT2D eigenvalue weighted by atomic mass is 19.1. The fourth-order valence-electron chi connectivity index (χ4n) is 3.38. The molecule has 1 aliphatic carbocycles. The second-order valence-corrected chi connectivity index (χ2v) is 6.28. The van der Waals surface area contributed by atoms with E-state index in [1.807, 2.05) is 0 Å². The molecule has 1 aromatic rings.